The molecule has 0 saturated carbocycles. The van der Waals surface area contributed by atoms with Gasteiger partial charge in [-0.05, 0) is 36.8 Å². The zero-order chi connectivity index (χ0) is 23.1. The zero-order valence-electron chi connectivity index (χ0n) is 17.8. The van der Waals surface area contributed by atoms with Gasteiger partial charge in [-0.15, -0.1) is 10.2 Å². The van der Waals surface area contributed by atoms with Gasteiger partial charge in [-0.25, -0.2) is 0 Å². The van der Waals surface area contributed by atoms with E-state index in [9.17, 15) is 14.4 Å². The summed E-state index contributed by atoms with van der Waals surface area (Å²) in [6, 6.07) is 13.8. The molecule has 0 radical (unpaired) electrons. The number of aromatic nitrogens is 3. The van der Waals surface area contributed by atoms with Gasteiger partial charge in [-0.2, -0.15) is 0 Å². The Morgan fingerprint density at radius 2 is 1.81 bits per heavy atom. The number of nitrogens with one attached hydrogen (secondary N) is 3. The van der Waals surface area contributed by atoms with E-state index < -0.39 is 10.8 Å². The standard InChI is InChI=1S/C22H23N5O4S/c1-4-18(20(29)24-14-9-11-15(31-3)12-10-14)32-22-25-21(30)19(26-27-22)16-7-5-6-8-17(16)23-13(2)28/h5-12,18H,4H2,1-3H3,(H,23,28)(H,24,29)(H,25,27,30). The number of para-hydroxylation sites is 1. The summed E-state index contributed by atoms with van der Waals surface area (Å²) in [4.78, 5) is 39.5. The number of hydrogen-bond donors (Lipinski definition) is 3. The van der Waals surface area contributed by atoms with Crippen molar-refractivity contribution < 1.29 is 14.3 Å². The number of nitrogens with zero attached hydrogens (tertiary/aromatic N) is 2. The van der Waals surface area contributed by atoms with E-state index in [2.05, 4.69) is 25.8 Å². The summed E-state index contributed by atoms with van der Waals surface area (Å²) >= 11 is 1.12. The van der Waals surface area contributed by atoms with E-state index in [1.165, 1.54) is 6.92 Å². The molecule has 32 heavy (non-hydrogen) atoms. The number of methoxy groups -OCH3 is 1. The number of hydrogen-bond acceptors (Lipinski definition) is 7. The smallest absolute Gasteiger partial charge is 0.278 e. The van der Waals surface area contributed by atoms with Crippen LogP contribution in [0.15, 0.2) is 58.5 Å². The number of anilines is 2. The van der Waals surface area contributed by atoms with E-state index in [-0.39, 0.29) is 22.7 Å². The lowest BCUT2D eigenvalue weighted by Crippen LogP contribution is -2.25. The molecule has 3 aromatic rings. The third kappa shape index (κ3) is 5.73. The van der Waals surface area contributed by atoms with Crippen LogP contribution in [0.5, 0.6) is 5.75 Å². The van der Waals surface area contributed by atoms with E-state index in [0.29, 0.717) is 29.1 Å². The minimum atomic E-state index is -0.487. The fourth-order valence-corrected chi connectivity index (χ4v) is 3.74. The maximum atomic E-state index is 12.7. The number of ether oxygens (including phenoxy) is 1. The summed E-state index contributed by atoms with van der Waals surface area (Å²) in [6.45, 7) is 3.25. The summed E-state index contributed by atoms with van der Waals surface area (Å²) in [5, 5.41) is 13.4. The number of thioether (sulfide) groups is 1. The predicted molar refractivity (Wildman–Crippen MR) is 124 cm³/mol. The van der Waals surface area contributed by atoms with Crippen LogP contribution < -0.4 is 20.9 Å². The number of H-pyrrole nitrogens is 1. The number of benzene rings is 2. The molecule has 0 saturated heterocycles. The first-order chi connectivity index (χ1) is 15.4. The van der Waals surface area contributed by atoms with Gasteiger partial charge in [0.1, 0.15) is 5.75 Å². The Morgan fingerprint density at radius 1 is 1.09 bits per heavy atom. The number of aromatic amines is 1. The van der Waals surface area contributed by atoms with Crippen LogP contribution >= 0.6 is 11.8 Å². The second-order valence-corrected chi connectivity index (χ2v) is 7.96. The molecule has 0 aliphatic carbocycles. The zero-order valence-corrected chi connectivity index (χ0v) is 18.7. The summed E-state index contributed by atoms with van der Waals surface area (Å²) in [6.07, 6.45) is 0.517. The molecule has 166 valence electrons. The molecule has 1 unspecified atom stereocenters. The highest BCUT2D eigenvalue weighted by molar-refractivity contribution is 8.00. The summed E-state index contributed by atoms with van der Waals surface area (Å²) in [5.41, 5.74) is 1.17. The molecule has 3 N–H and O–H groups in total. The van der Waals surface area contributed by atoms with Crippen LogP contribution in [0.1, 0.15) is 20.3 Å². The minimum absolute atomic E-state index is 0.0782. The van der Waals surface area contributed by atoms with Gasteiger partial charge in [0.15, 0.2) is 10.9 Å². The number of rotatable bonds is 8. The summed E-state index contributed by atoms with van der Waals surface area (Å²) < 4.78 is 5.11. The van der Waals surface area contributed by atoms with Gasteiger partial charge in [-0.1, -0.05) is 36.9 Å². The van der Waals surface area contributed by atoms with E-state index in [1.54, 1.807) is 55.6 Å². The predicted octanol–water partition coefficient (Wildman–Crippen LogP) is 3.31. The van der Waals surface area contributed by atoms with Crippen molar-refractivity contribution in [2.75, 3.05) is 17.7 Å². The third-order valence-electron chi connectivity index (χ3n) is 4.44. The van der Waals surface area contributed by atoms with Crippen molar-refractivity contribution >= 4 is 35.0 Å². The maximum Gasteiger partial charge on any atom is 0.278 e. The Hall–Kier alpha value is -3.66. The maximum absolute atomic E-state index is 12.7. The van der Waals surface area contributed by atoms with E-state index >= 15 is 0 Å². The molecule has 10 heteroatoms. The largest absolute Gasteiger partial charge is 0.497 e. The van der Waals surface area contributed by atoms with Crippen molar-refractivity contribution in [1.29, 1.82) is 0 Å². The number of amides is 2. The molecule has 1 aromatic heterocycles. The topological polar surface area (TPSA) is 126 Å². The number of carbonyl (C=O) groups is 2. The highest BCUT2D eigenvalue weighted by Crippen LogP contribution is 2.26. The average molecular weight is 454 g/mol. The lowest BCUT2D eigenvalue weighted by molar-refractivity contribution is -0.116. The van der Waals surface area contributed by atoms with Crippen molar-refractivity contribution in [3.8, 4) is 17.0 Å². The SMILES string of the molecule is CCC(Sc1nnc(-c2ccccc2NC(C)=O)c(=O)[nH]1)C(=O)Nc1ccc(OC)cc1. The lowest BCUT2D eigenvalue weighted by atomic mass is 10.1. The third-order valence-corrected chi connectivity index (χ3v) is 5.68. The van der Waals surface area contributed by atoms with Gasteiger partial charge >= 0.3 is 0 Å². The van der Waals surface area contributed by atoms with Gasteiger partial charge in [0, 0.05) is 18.2 Å². The molecule has 0 aliphatic rings. The fraction of sp³-hybridized carbons (Fsp3) is 0.227. The highest BCUT2D eigenvalue weighted by atomic mass is 32.2. The molecule has 1 heterocycles. The first-order valence-corrected chi connectivity index (χ1v) is 10.7. The minimum Gasteiger partial charge on any atom is -0.497 e. The molecular formula is C22H23N5O4S. The molecule has 2 aromatic carbocycles. The van der Waals surface area contributed by atoms with Gasteiger partial charge < -0.3 is 15.4 Å². The van der Waals surface area contributed by atoms with E-state index in [4.69, 9.17) is 4.74 Å². The summed E-state index contributed by atoms with van der Waals surface area (Å²) in [7, 11) is 1.57. The van der Waals surface area contributed by atoms with E-state index in [0.717, 1.165) is 11.8 Å². The van der Waals surface area contributed by atoms with Crippen LogP contribution in [0.2, 0.25) is 0 Å². The Balaban J connectivity index is 1.76. The van der Waals surface area contributed by atoms with Crippen LogP contribution in [0, 0.1) is 0 Å². The molecule has 0 spiro atoms. The Kier molecular flexibility index (Phi) is 7.61. The lowest BCUT2D eigenvalue weighted by Gasteiger charge is -2.14. The van der Waals surface area contributed by atoms with Crippen molar-refractivity contribution in [3.63, 3.8) is 0 Å². The van der Waals surface area contributed by atoms with Crippen LogP contribution in [0.3, 0.4) is 0 Å². The second-order valence-electron chi connectivity index (χ2n) is 6.77. The monoisotopic (exact) mass is 453 g/mol. The second kappa shape index (κ2) is 10.6. The van der Waals surface area contributed by atoms with Crippen LogP contribution in [-0.4, -0.2) is 39.4 Å². The normalized spacial score (nSPS) is 11.5. The number of carbonyl (C=O) groups excluding carboxylic acids is 2. The molecular weight excluding hydrogens is 430 g/mol. The summed E-state index contributed by atoms with van der Waals surface area (Å²) in [5.74, 6) is 0.213. The van der Waals surface area contributed by atoms with Crippen LogP contribution in [-0.2, 0) is 9.59 Å². The molecule has 2 amide bonds. The van der Waals surface area contributed by atoms with Gasteiger partial charge in [0.2, 0.25) is 11.8 Å². The quantitative estimate of drug-likeness (QED) is 0.447. The van der Waals surface area contributed by atoms with E-state index in [1.807, 2.05) is 6.92 Å². The van der Waals surface area contributed by atoms with Gasteiger partial charge in [0.25, 0.3) is 5.56 Å². The van der Waals surface area contributed by atoms with Crippen molar-refractivity contribution in [1.82, 2.24) is 15.2 Å². The Labute approximate surface area is 189 Å². The van der Waals surface area contributed by atoms with Crippen molar-refractivity contribution in [2.45, 2.75) is 30.7 Å². The molecule has 0 bridgehead atoms. The Bertz CT molecular complexity index is 1160. The van der Waals surface area contributed by atoms with Crippen molar-refractivity contribution in [3.05, 3.63) is 58.9 Å². The highest BCUT2D eigenvalue weighted by Gasteiger charge is 2.21. The van der Waals surface area contributed by atoms with Gasteiger partial charge in [-0.3, -0.25) is 19.4 Å². The molecule has 9 nitrogen and oxygen atoms in total. The molecule has 3 rings (SSSR count). The Morgan fingerprint density at radius 3 is 2.44 bits per heavy atom. The molecule has 0 aliphatic heterocycles. The fourth-order valence-electron chi connectivity index (χ4n) is 2.89. The first-order valence-electron chi connectivity index (χ1n) is 9.86. The van der Waals surface area contributed by atoms with Crippen LogP contribution in [0.25, 0.3) is 11.3 Å². The van der Waals surface area contributed by atoms with Gasteiger partial charge in [0.05, 0.1) is 18.0 Å². The molecule has 1 atom stereocenters. The van der Waals surface area contributed by atoms with Crippen LogP contribution in [0.4, 0.5) is 11.4 Å². The first kappa shape index (κ1) is 23.0. The molecule has 0 fully saturated rings. The van der Waals surface area contributed by atoms with Crippen molar-refractivity contribution in [2.24, 2.45) is 0 Å². The average Bonchev–Trinajstić information content (AvgIpc) is 2.78.